The molecule has 0 saturated heterocycles. The second-order valence-electron chi connectivity index (χ2n) is 5.98. The van der Waals surface area contributed by atoms with Crippen molar-refractivity contribution in [1.82, 2.24) is 5.32 Å². The van der Waals surface area contributed by atoms with Crippen LogP contribution in [-0.2, 0) is 0 Å². The standard InChI is InChI=1S/C16H24N2O2/c1-4-15(9-13-6-7-13)17-12(3)14-8-5-11(2)16(10-14)18(19)20/h5,8,10,12-13,15,17H,4,6-7,9H2,1-3H3. The zero-order valence-electron chi connectivity index (χ0n) is 12.6. The Morgan fingerprint density at radius 3 is 2.70 bits per heavy atom. The highest BCUT2D eigenvalue weighted by Gasteiger charge is 2.25. The van der Waals surface area contributed by atoms with Crippen LogP contribution in [0.4, 0.5) is 5.69 Å². The normalized spacial score (nSPS) is 17.8. The number of nitrogens with zero attached hydrogens (tertiary/aromatic N) is 1. The van der Waals surface area contributed by atoms with E-state index in [4.69, 9.17) is 0 Å². The van der Waals surface area contributed by atoms with E-state index in [1.165, 1.54) is 19.3 Å². The number of nitrogens with one attached hydrogen (secondary N) is 1. The average Bonchev–Trinajstić information content (AvgIpc) is 3.21. The molecule has 2 atom stereocenters. The second kappa shape index (κ2) is 6.35. The van der Waals surface area contributed by atoms with E-state index in [0.717, 1.165) is 23.5 Å². The lowest BCUT2D eigenvalue weighted by atomic mass is 10.0. The Morgan fingerprint density at radius 2 is 2.15 bits per heavy atom. The molecule has 1 fully saturated rings. The molecule has 0 bridgehead atoms. The molecule has 0 amide bonds. The molecule has 1 N–H and O–H groups in total. The third-order valence-electron chi connectivity index (χ3n) is 4.22. The molecule has 1 saturated carbocycles. The number of nitro groups is 1. The minimum atomic E-state index is -0.299. The zero-order valence-corrected chi connectivity index (χ0v) is 12.6. The first kappa shape index (κ1) is 15.0. The Morgan fingerprint density at radius 1 is 1.45 bits per heavy atom. The number of aryl methyl sites for hydroxylation is 1. The SMILES string of the molecule is CCC(CC1CC1)NC(C)c1ccc(C)c([N+](=O)[O-])c1. The van der Waals surface area contributed by atoms with Gasteiger partial charge in [0.1, 0.15) is 0 Å². The molecule has 4 nitrogen and oxygen atoms in total. The maximum absolute atomic E-state index is 11.0. The monoisotopic (exact) mass is 276 g/mol. The van der Waals surface area contributed by atoms with E-state index in [-0.39, 0.29) is 16.7 Å². The molecule has 1 aromatic carbocycles. The minimum Gasteiger partial charge on any atom is -0.307 e. The van der Waals surface area contributed by atoms with Crippen LogP contribution in [0.1, 0.15) is 56.7 Å². The molecule has 110 valence electrons. The fourth-order valence-corrected chi connectivity index (χ4v) is 2.65. The molecular formula is C16H24N2O2. The van der Waals surface area contributed by atoms with Crippen molar-refractivity contribution in [2.24, 2.45) is 5.92 Å². The summed E-state index contributed by atoms with van der Waals surface area (Å²) in [6.45, 7) is 6.07. The lowest BCUT2D eigenvalue weighted by molar-refractivity contribution is -0.385. The molecule has 0 radical (unpaired) electrons. The first-order valence-corrected chi connectivity index (χ1v) is 7.52. The molecule has 0 spiro atoms. The van der Waals surface area contributed by atoms with Crippen LogP contribution in [-0.4, -0.2) is 11.0 Å². The van der Waals surface area contributed by atoms with Crippen molar-refractivity contribution in [3.63, 3.8) is 0 Å². The van der Waals surface area contributed by atoms with Crippen LogP contribution in [0.2, 0.25) is 0 Å². The van der Waals surface area contributed by atoms with Gasteiger partial charge in [0.2, 0.25) is 0 Å². The van der Waals surface area contributed by atoms with Gasteiger partial charge in [-0.15, -0.1) is 0 Å². The quantitative estimate of drug-likeness (QED) is 0.601. The first-order valence-electron chi connectivity index (χ1n) is 7.52. The molecule has 4 heteroatoms. The molecule has 1 aliphatic carbocycles. The van der Waals surface area contributed by atoms with E-state index in [9.17, 15) is 10.1 Å². The summed E-state index contributed by atoms with van der Waals surface area (Å²) in [5.41, 5.74) is 1.93. The summed E-state index contributed by atoms with van der Waals surface area (Å²) in [7, 11) is 0. The Bertz CT molecular complexity index is 483. The number of hydrogen-bond acceptors (Lipinski definition) is 3. The summed E-state index contributed by atoms with van der Waals surface area (Å²) in [4.78, 5) is 10.7. The maximum atomic E-state index is 11.0. The fraction of sp³-hybridized carbons (Fsp3) is 0.625. The topological polar surface area (TPSA) is 55.2 Å². The third kappa shape index (κ3) is 3.79. The molecule has 2 rings (SSSR count). The van der Waals surface area contributed by atoms with Gasteiger partial charge in [-0.3, -0.25) is 10.1 Å². The van der Waals surface area contributed by atoms with Crippen LogP contribution in [0, 0.1) is 23.0 Å². The van der Waals surface area contributed by atoms with Gasteiger partial charge < -0.3 is 5.32 Å². The molecular weight excluding hydrogens is 252 g/mol. The van der Waals surface area contributed by atoms with Gasteiger partial charge in [-0.1, -0.05) is 31.9 Å². The largest absolute Gasteiger partial charge is 0.307 e. The van der Waals surface area contributed by atoms with Gasteiger partial charge in [-0.25, -0.2) is 0 Å². The Labute approximate surface area is 120 Å². The molecule has 20 heavy (non-hydrogen) atoms. The van der Waals surface area contributed by atoms with Gasteiger partial charge >= 0.3 is 0 Å². The fourth-order valence-electron chi connectivity index (χ4n) is 2.65. The average molecular weight is 276 g/mol. The van der Waals surface area contributed by atoms with Crippen molar-refractivity contribution in [2.75, 3.05) is 0 Å². The smallest absolute Gasteiger partial charge is 0.272 e. The van der Waals surface area contributed by atoms with E-state index in [2.05, 4.69) is 19.2 Å². The van der Waals surface area contributed by atoms with Gasteiger partial charge in [0, 0.05) is 23.7 Å². The molecule has 0 heterocycles. The summed E-state index contributed by atoms with van der Waals surface area (Å²) in [5.74, 6) is 0.895. The van der Waals surface area contributed by atoms with E-state index in [1.807, 2.05) is 12.1 Å². The van der Waals surface area contributed by atoms with Gasteiger partial charge in [0.05, 0.1) is 4.92 Å². The van der Waals surface area contributed by atoms with Gasteiger partial charge in [-0.2, -0.15) is 0 Å². The predicted octanol–water partition coefficient (Wildman–Crippen LogP) is 4.13. The maximum Gasteiger partial charge on any atom is 0.272 e. The molecule has 2 unspecified atom stereocenters. The lowest BCUT2D eigenvalue weighted by Gasteiger charge is -2.22. The number of nitro benzene ring substituents is 1. The lowest BCUT2D eigenvalue weighted by Crippen LogP contribution is -2.31. The zero-order chi connectivity index (χ0) is 14.7. The highest BCUT2D eigenvalue weighted by molar-refractivity contribution is 5.43. The van der Waals surface area contributed by atoms with E-state index in [0.29, 0.717) is 6.04 Å². The van der Waals surface area contributed by atoms with Crippen molar-refractivity contribution < 1.29 is 4.92 Å². The third-order valence-corrected chi connectivity index (χ3v) is 4.22. The van der Waals surface area contributed by atoms with Crippen molar-refractivity contribution in [3.05, 3.63) is 39.4 Å². The Hall–Kier alpha value is -1.42. The van der Waals surface area contributed by atoms with Crippen LogP contribution < -0.4 is 5.32 Å². The van der Waals surface area contributed by atoms with Crippen LogP contribution in [0.25, 0.3) is 0 Å². The van der Waals surface area contributed by atoms with Crippen molar-refractivity contribution in [1.29, 1.82) is 0 Å². The van der Waals surface area contributed by atoms with Crippen LogP contribution >= 0.6 is 0 Å². The molecule has 0 aliphatic heterocycles. The number of benzene rings is 1. The van der Waals surface area contributed by atoms with E-state index < -0.39 is 0 Å². The molecule has 1 aromatic rings. The Balaban J connectivity index is 2.05. The minimum absolute atomic E-state index is 0.151. The summed E-state index contributed by atoms with van der Waals surface area (Å²) in [6, 6.07) is 6.20. The van der Waals surface area contributed by atoms with Crippen LogP contribution in [0.15, 0.2) is 18.2 Å². The van der Waals surface area contributed by atoms with E-state index >= 15 is 0 Å². The molecule has 1 aliphatic rings. The first-order chi connectivity index (χ1) is 9.51. The summed E-state index contributed by atoms with van der Waals surface area (Å²) < 4.78 is 0. The van der Waals surface area contributed by atoms with Gasteiger partial charge in [0.25, 0.3) is 5.69 Å². The summed E-state index contributed by atoms with van der Waals surface area (Å²) in [6.07, 6.45) is 5.06. The Kier molecular flexibility index (Phi) is 4.76. The van der Waals surface area contributed by atoms with Crippen molar-refractivity contribution >= 4 is 5.69 Å². The van der Waals surface area contributed by atoms with Crippen molar-refractivity contribution in [3.8, 4) is 0 Å². The number of hydrogen-bond donors (Lipinski definition) is 1. The second-order valence-corrected chi connectivity index (χ2v) is 5.98. The van der Waals surface area contributed by atoms with Gasteiger partial charge in [0.15, 0.2) is 0 Å². The van der Waals surface area contributed by atoms with E-state index in [1.54, 1.807) is 13.0 Å². The van der Waals surface area contributed by atoms with Crippen LogP contribution in [0.5, 0.6) is 0 Å². The molecule has 0 aromatic heterocycles. The highest BCUT2D eigenvalue weighted by atomic mass is 16.6. The number of rotatable bonds is 7. The highest BCUT2D eigenvalue weighted by Crippen LogP contribution is 2.34. The summed E-state index contributed by atoms with van der Waals surface area (Å²) >= 11 is 0. The van der Waals surface area contributed by atoms with Gasteiger partial charge in [-0.05, 0) is 38.2 Å². The van der Waals surface area contributed by atoms with Crippen LogP contribution in [0.3, 0.4) is 0 Å². The predicted molar refractivity (Wildman–Crippen MR) is 80.8 cm³/mol. The summed E-state index contributed by atoms with van der Waals surface area (Å²) in [5, 5.41) is 14.6. The van der Waals surface area contributed by atoms with Crippen molar-refractivity contribution in [2.45, 2.75) is 58.5 Å².